The summed E-state index contributed by atoms with van der Waals surface area (Å²) in [7, 11) is 0. The smallest absolute Gasteiger partial charge is 0.342 e. The number of non-ortho nitro benzene ring substituents is 1. The molecule has 35 heavy (non-hydrogen) atoms. The molecule has 180 valence electrons. The van der Waals surface area contributed by atoms with E-state index in [0.717, 1.165) is 35.1 Å². The van der Waals surface area contributed by atoms with E-state index in [1.165, 1.54) is 6.08 Å². The minimum Gasteiger partial charge on any atom is -0.452 e. The van der Waals surface area contributed by atoms with Crippen molar-refractivity contribution < 1.29 is 28.4 Å². The second kappa shape index (κ2) is 11.2. The number of nitro groups is 1. The molecule has 1 heterocycles. The first-order valence-electron chi connectivity index (χ1n) is 10.2. The van der Waals surface area contributed by atoms with E-state index >= 15 is 0 Å². The van der Waals surface area contributed by atoms with Crippen LogP contribution < -0.4 is 10.6 Å². The van der Waals surface area contributed by atoms with Crippen molar-refractivity contribution in [2.24, 2.45) is 0 Å². The van der Waals surface area contributed by atoms with E-state index in [1.807, 2.05) is 6.07 Å². The van der Waals surface area contributed by atoms with E-state index in [0.29, 0.717) is 11.1 Å². The van der Waals surface area contributed by atoms with Gasteiger partial charge in [-0.1, -0.05) is 35.9 Å². The van der Waals surface area contributed by atoms with Crippen molar-refractivity contribution in [3.8, 4) is 11.1 Å². The molecule has 0 spiro atoms. The zero-order valence-corrected chi connectivity index (χ0v) is 19.5. The summed E-state index contributed by atoms with van der Waals surface area (Å²) in [5.74, 6) is -3.10. The Hall–Kier alpha value is -4.38. The van der Waals surface area contributed by atoms with E-state index in [1.54, 1.807) is 43.5 Å². The van der Waals surface area contributed by atoms with Crippen molar-refractivity contribution >= 4 is 45.5 Å². The third-order valence-corrected chi connectivity index (χ3v) is 5.40. The van der Waals surface area contributed by atoms with Crippen LogP contribution in [0.4, 0.5) is 20.8 Å². The van der Waals surface area contributed by atoms with Crippen LogP contribution in [0.25, 0.3) is 11.1 Å². The normalized spacial score (nSPS) is 10.3. The summed E-state index contributed by atoms with van der Waals surface area (Å²) in [6.45, 7) is 2.72. The summed E-state index contributed by atoms with van der Waals surface area (Å²) in [4.78, 5) is 47.6. The minimum absolute atomic E-state index is 0.0611. The van der Waals surface area contributed by atoms with Gasteiger partial charge in [-0.25, -0.2) is 9.18 Å². The molecule has 1 aromatic heterocycles. The van der Waals surface area contributed by atoms with Gasteiger partial charge in [-0.3, -0.25) is 19.7 Å². The number of amides is 2. The number of rotatable bonds is 8. The molecule has 0 unspecified atom stereocenters. The van der Waals surface area contributed by atoms with Crippen LogP contribution in [0.5, 0.6) is 0 Å². The van der Waals surface area contributed by atoms with Crippen LogP contribution in [0.1, 0.15) is 24.2 Å². The average Bonchev–Trinajstić information content (AvgIpc) is 3.22. The van der Waals surface area contributed by atoms with Crippen LogP contribution in [0.15, 0.2) is 65.6 Å². The molecule has 0 fully saturated rings. The summed E-state index contributed by atoms with van der Waals surface area (Å²) in [5, 5.41) is 17.6. The largest absolute Gasteiger partial charge is 0.452 e. The third kappa shape index (κ3) is 6.58. The Morgan fingerprint density at radius 2 is 1.83 bits per heavy atom. The highest BCUT2D eigenvalue weighted by Gasteiger charge is 2.24. The number of anilines is 2. The highest BCUT2D eigenvalue weighted by atomic mass is 32.1. The Morgan fingerprint density at radius 3 is 2.49 bits per heavy atom. The minimum atomic E-state index is -0.899. The van der Waals surface area contributed by atoms with Crippen LogP contribution in [-0.2, 0) is 14.3 Å². The van der Waals surface area contributed by atoms with Gasteiger partial charge in [0.2, 0.25) is 5.91 Å². The van der Waals surface area contributed by atoms with Crippen LogP contribution in [0, 0.1) is 15.9 Å². The first-order valence-corrected chi connectivity index (χ1v) is 11.1. The molecule has 2 aromatic carbocycles. The lowest BCUT2D eigenvalue weighted by Crippen LogP contribution is -2.22. The van der Waals surface area contributed by atoms with Crippen molar-refractivity contribution in [1.29, 1.82) is 0 Å². The molecular formula is C24H20FN3O6S. The highest BCUT2D eigenvalue weighted by molar-refractivity contribution is 7.15. The molecule has 0 aliphatic heterocycles. The number of ether oxygens (including phenoxy) is 1. The van der Waals surface area contributed by atoms with Crippen molar-refractivity contribution in [3.63, 3.8) is 0 Å². The van der Waals surface area contributed by atoms with E-state index in [9.17, 15) is 28.9 Å². The van der Waals surface area contributed by atoms with Gasteiger partial charge in [0.15, 0.2) is 6.61 Å². The van der Waals surface area contributed by atoms with Gasteiger partial charge in [0, 0.05) is 29.2 Å². The molecule has 0 saturated heterocycles. The molecule has 0 bridgehead atoms. The molecule has 0 radical (unpaired) electrons. The second-order valence-corrected chi connectivity index (χ2v) is 8.36. The summed E-state index contributed by atoms with van der Waals surface area (Å²) < 4.78 is 19.1. The summed E-state index contributed by atoms with van der Waals surface area (Å²) in [6.07, 6.45) is 1.37. The third-order valence-electron chi connectivity index (χ3n) is 4.51. The summed E-state index contributed by atoms with van der Waals surface area (Å²) in [5.41, 5.74) is 1.18. The Morgan fingerprint density at radius 1 is 1.11 bits per heavy atom. The molecule has 0 aliphatic carbocycles. The zero-order chi connectivity index (χ0) is 25.5. The first-order chi connectivity index (χ1) is 16.7. The highest BCUT2D eigenvalue weighted by Crippen LogP contribution is 2.36. The summed E-state index contributed by atoms with van der Waals surface area (Å²) >= 11 is 1.12. The van der Waals surface area contributed by atoms with E-state index in [4.69, 9.17) is 4.74 Å². The molecule has 3 aromatic rings. The van der Waals surface area contributed by atoms with Crippen LogP contribution in [0.2, 0.25) is 0 Å². The SMILES string of the molecule is CC(C)=CC(=O)Nc1scc(-c2ccccc2)c1C(=O)OCC(=O)Nc1cc([N+](=O)[O-])ccc1F. The average molecular weight is 498 g/mol. The lowest BCUT2D eigenvalue weighted by molar-refractivity contribution is -0.384. The molecule has 2 N–H and O–H groups in total. The molecular weight excluding hydrogens is 477 g/mol. The maximum absolute atomic E-state index is 13.9. The predicted octanol–water partition coefficient (Wildman–Crippen LogP) is 5.16. The van der Waals surface area contributed by atoms with Crippen molar-refractivity contribution in [1.82, 2.24) is 0 Å². The van der Waals surface area contributed by atoms with E-state index < -0.39 is 46.5 Å². The number of nitrogens with zero attached hydrogens (tertiary/aromatic N) is 1. The van der Waals surface area contributed by atoms with Gasteiger partial charge in [0.1, 0.15) is 16.4 Å². The Bertz CT molecular complexity index is 1320. The standard InChI is InChI=1S/C24H20FN3O6S/c1-14(2)10-20(29)27-23-22(17(13-35-23)15-6-4-3-5-7-15)24(31)34-12-21(30)26-19-11-16(28(32)33)8-9-18(19)25/h3-11,13H,12H2,1-2H3,(H,26,30)(H,27,29). The molecule has 3 rings (SSSR count). The fourth-order valence-electron chi connectivity index (χ4n) is 3.01. The van der Waals surface area contributed by atoms with Gasteiger partial charge in [-0.2, -0.15) is 0 Å². The van der Waals surface area contributed by atoms with Gasteiger partial charge in [-0.05, 0) is 25.5 Å². The Labute approximate surface area is 203 Å². The lowest BCUT2D eigenvalue weighted by atomic mass is 10.0. The number of hydrogen-bond donors (Lipinski definition) is 2. The maximum Gasteiger partial charge on any atom is 0.342 e. The van der Waals surface area contributed by atoms with E-state index in [2.05, 4.69) is 10.6 Å². The van der Waals surface area contributed by atoms with Gasteiger partial charge < -0.3 is 15.4 Å². The van der Waals surface area contributed by atoms with Crippen LogP contribution in [0.3, 0.4) is 0 Å². The molecule has 11 heteroatoms. The lowest BCUT2D eigenvalue weighted by Gasteiger charge is -2.10. The number of nitro benzene ring substituents is 1. The van der Waals surface area contributed by atoms with Gasteiger partial charge in [0.05, 0.1) is 10.6 Å². The predicted molar refractivity (Wildman–Crippen MR) is 130 cm³/mol. The fraction of sp³-hybridized carbons (Fsp3) is 0.125. The molecule has 9 nitrogen and oxygen atoms in total. The fourth-order valence-corrected chi connectivity index (χ4v) is 3.97. The quantitative estimate of drug-likeness (QED) is 0.191. The van der Waals surface area contributed by atoms with Crippen molar-refractivity contribution in [2.45, 2.75) is 13.8 Å². The topological polar surface area (TPSA) is 128 Å². The van der Waals surface area contributed by atoms with Crippen molar-refractivity contribution in [3.05, 3.63) is 87.1 Å². The number of benzene rings is 2. The number of esters is 1. The molecule has 0 atom stereocenters. The second-order valence-electron chi connectivity index (χ2n) is 7.48. The number of nitrogens with one attached hydrogen (secondary N) is 2. The number of allylic oxidation sites excluding steroid dienone is 1. The summed E-state index contributed by atoms with van der Waals surface area (Å²) in [6, 6.07) is 11.6. The first kappa shape index (κ1) is 25.2. The van der Waals surface area contributed by atoms with Gasteiger partial charge in [-0.15, -0.1) is 11.3 Å². The van der Waals surface area contributed by atoms with Gasteiger partial charge >= 0.3 is 5.97 Å². The number of halogens is 1. The monoisotopic (exact) mass is 497 g/mol. The number of thiophene rings is 1. The van der Waals surface area contributed by atoms with Gasteiger partial charge in [0.25, 0.3) is 11.6 Å². The molecule has 0 aliphatic rings. The van der Waals surface area contributed by atoms with Crippen LogP contribution in [-0.4, -0.2) is 29.3 Å². The maximum atomic E-state index is 13.9. The van der Waals surface area contributed by atoms with E-state index in [-0.39, 0.29) is 10.6 Å². The molecule has 2 amide bonds. The zero-order valence-electron chi connectivity index (χ0n) is 18.7. The van der Waals surface area contributed by atoms with Crippen molar-refractivity contribution in [2.75, 3.05) is 17.2 Å². The molecule has 0 saturated carbocycles. The Balaban J connectivity index is 1.80. The number of hydrogen-bond acceptors (Lipinski definition) is 7. The van der Waals surface area contributed by atoms with Crippen LogP contribution >= 0.6 is 11.3 Å². The Kier molecular flexibility index (Phi) is 8.05. The number of carbonyl (C=O) groups excluding carboxylic acids is 3. The number of carbonyl (C=O) groups is 3.